The van der Waals surface area contributed by atoms with Gasteiger partial charge in [-0.2, -0.15) is 4.31 Å². The van der Waals surface area contributed by atoms with Crippen LogP contribution >= 0.6 is 0 Å². The molecular weight excluding hydrogens is 388 g/mol. The lowest BCUT2D eigenvalue weighted by Crippen LogP contribution is -2.43. The normalized spacial score (nSPS) is 16.0. The number of piperidine rings is 1. The summed E-state index contributed by atoms with van der Waals surface area (Å²) in [5, 5.41) is 0. The zero-order valence-electron chi connectivity index (χ0n) is 17.1. The Hall–Kier alpha value is -2.22. The second kappa shape index (κ2) is 9.07. The van der Waals surface area contributed by atoms with Crippen LogP contribution in [0.3, 0.4) is 0 Å². The van der Waals surface area contributed by atoms with Crippen LogP contribution in [0.1, 0.15) is 35.1 Å². The topological polar surface area (TPSA) is 75.7 Å². The molecule has 29 heavy (non-hydrogen) atoms. The fraction of sp³-hybridized carbons (Fsp3) is 0.409. The van der Waals surface area contributed by atoms with Crippen molar-refractivity contribution < 1.29 is 18.0 Å². The van der Waals surface area contributed by atoms with Gasteiger partial charge in [-0.25, -0.2) is 13.9 Å². The Morgan fingerprint density at radius 1 is 1.07 bits per heavy atom. The number of hydrogen-bond acceptors (Lipinski definition) is 4. The molecule has 1 heterocycles. The van der Waals surface area contributed by atoms with Crippen molar-refractivity contribution in [2.45, 2.75) is 45.1 Å². The Bertz CT molecular complexity index is 943. The zero-order valence-corrected chi connectivity index (χ0v) is 18.0. The molecule has 2 aromatic rings. The minimum Gasteiger partial charge on any atom is -0.272 e. The molecule has 0 saturated carbocycles. The van der Waals surface area contributed by atoms with Gasteiger partial charge in [-0.3, -0.25) is 9.63 Å². The smallest absolute Gasteiger partial charge is 0.246 e. The second-order valence-corrected chi connectivity index (χ2v) is 9.52. The average Bonchev–Trinajstić information content (AvgIpc) is 2.68. The van der Waals surface area contributed by atoms with Gasteiger partial charge in [-0.1, -0.05) is 48.0 Å². The molecule has 1 saturated heterocycles. The lowest BCUT2D eigenvalue weighted by molar-refractivity contribution is -0.140. The molecule has 0 radical (unpaired) electrons. The van der Waals surface area contributed by atoms with Crippen molar-refractivity contribution in [3.05, 3.63) is 64.7 Å². The number of amides is 1. The van der Waals surface area contributed by atoms with Crippen molar-refractivity contribution >= 4 is 15.9 Å². The third kappa shape index (κ3) is 5.04. The lowest BCUT2D eigenvalue weighted by atomic mass is 9.98. The first-order chi connectivity index (χ1) is 13.8. The molecule has 0 unspecified atom stereocenters. The third-order valence-electron chi connectivity index (χ3n) is 5.28. The third-order valence-corrected chi connectivity index (χ3v) is 7.49. The molecule has 2 aromatic carbocycles. The molecule has 6 nitrogen and oxygen atoms in total. The van der Waals surface area contributed by atoms with Crippen LogP contribution in [-0.4, -0.2) is 31.7 Å². The number of nitrogens with zero attached hydrogens (tertiary/aromatic N) is 1. The standard InChI is InChI=1S/C22H28N2O4S/c1-16-13-17(2)21(18(3)14-16)29(26,27)24-11-9-20(10-12-24)22(25)23-28-15-19-7-5-4-6-8-19/h4-8,13-14,20H,9-12,15H2,1-3H3,(H,23,25). The quantitative estimate of drug-likeness (QED) is 0.734. The molecule has 1 N–H and O–H groups in total. The van der Waals surface area contributed by atoms with E-state index in [1.165, 1.54) is 4.31 Å². The number of rotatable bonds is 6. The number of aryl methyl sites for hydroxylation is 3. The van der Waals surface area contributed by atoms with Crippen molar-refractivity contribution in [2.75, 3.05) is 13.1 Å². The van der Waals surface area contributed by atoms with Crippen molar-refractivity contribution in [1.29, 1.82) is 0 Å². The molecule has 156 valence electrons. The van der Waals surface area contributed by atoms with E-state index in [9.17, 15) is 13.2 Å². The maximum absolute atomic E-state index is 13.1. The van der Waals surface area contributed by atoms with Crippen molar-refractivity contribution in [3.8, 4) is 0 Å². The number of benzene rings is 2. The van der Waals surface area contributed by atoms with Crippen LogP contribution in [0.15, 0.2) is 47.4 Å². The monoisotopic (exact) mass is 416 g/mol. The zero-order chi connectivity index (χ0) is 21.0. The van der Waals surface area contributed by atoms with Crippen molar-refractivity contribution in [1.82, 2.24) is 9.79 Å². The van der Waals surface area contributed by atoms with Crippen LogP contribution in [0.25, 0.3) is 0 Å². The summed E-state index contributed by atoms with van der Waals surface area (Å²) in [5.41, 5.74) is 6.04. The second-order valence-electron chi connectivity index (χ2n) is 7.65. The Kier molecular flexibility index (Phi) is 6.72. The molecule has 3 rings (SSSR count). The van der Waals surface area contributed by atoms with E-state index in [2.05, 4.69) is 5.48 Å². The molecule has 1 fully saturated rings. The van der Waals surface area contributed by atoms with Gasteiger partial charge in [0.2, 0.25) is 15.9 Å². The molecule has 1 aliphatic heterocycles. The summed E-state index contributed by atoms with van der Waals surface area (Å²) in [6, 6.07) is 13.4. The van der Waals surface area contributed by atoms with Crippen LogP contribution in [0.5, 0.6) is 0 Å². The molecule has 1 amide bonds. The number of sulfonamides is 1. The Balaban J connectivity index is 1.56. The average molecular weight is 417 g/mol. The van der Waals surface area contributed by atoms with Gasteiger partial charge in [0.25, 0.3) is 0 Å². The van der Waals surface area contributed by atoms with Crippen molar-refractivity contribution in [2.24, 2.45) is 5.92 Å². The van der Waals surface area contributed by atoms with E-state index < -0.39 is 10.0 Å². The van der Waals surface area contributed by atoms with Crippen LogP contribution in [0, 0.1) is 26.7 Å². The number of hydroxylamine groups is 1. The van der Waals surface area contributed by atoms with Crippen LogP contribution in [0.4, 0.5) is 0 Å². The highest BCUT2D eigenvalue weighted by molar-refractivity contribution is 7.89. The summed E-state index contributed by atoms with van der Waals surface area (Å²) in [4.78, 5) is 18.1. The van der Waals surface area contributed by atoms with Gasteiger partial charge in [0.05, 0.1) is 11.5 Å². The summed E-state index contributed by atoms with van der Waals surface area (Å²) in [6.07, 6.45) is 0.952. The van der Waals surface area contributed by atoms with E-state index in [1.54, 1.807) is 0 Å². The fourth-order valence-electron chi connectivity index (χ4n) is 3.91. The molecule has 0 aromatic heterocycles. The number of nitrogens with one attached hydrogen (secondary N) is 1. The summed E-state index contributed by atoms with van der Waals surface area (Å²) in [7, 11) is -3.57. The van der Waals surface area contributed by atoms with Gasteiger partial charge in [-0.15, -0.1) is 0 Å². The lowest BCUT2D eigenvalue weighted by Gasteiger charge is -2.31. The fourth-order valence-corrected chi connectivity index (χ4v) is 5.79. The predicted molar refractivity (Wildman–Crippen MR) is 112 cm³/mol. The van der Waals surface area contributed by atoms with Gasteiger partial charge in [0, 0.05) is 19.0 Å². The maximum Gasteiger partial charge on any atom is 0.246 e. The highest BCUT2D eigenvalue weighted by atomic mass is 32.2. The Morgan fingerprint density at radius 3 is 2.24 bits per heavy atom. The summed E-state index contributed by atoms with van der Waals surface area (Å²) in [6.45, 7) is 6.57. The van der Waals surface area contributed by atoms with Gasteiger partial charge in [0.15, 0.2) is 0 Å². The Morgan fingerprint density at radius 2 is 1.66 bits per heavy atom. The highest BCUT2D eigenvalue weighted by Gasteiger charge is 2.33. The predicted octanol–water partition coefficient (Wildman–Crippen LogP) is 3.26. The number of carbonyl (C=O) groups excluding carboxylic acids is 1. The molecular formula is C22H28N2O4S. The molecule has 0 bridgehead atoms. The van der Waals surface area contributed by atoms with E-state index in [0.717, 1.165) is 22.3 Å². The molecule has 0 atom stereocenters. The summed E-state index contributed by atoms with van der Waals surface area (Å²) < 4.78 is 27.8. The summed E-state index contributed by atoms with van der Waals surface area (Å²) in [5.74, 6) is -0.446. The first kappa shape index (κ1) is 21.5. The van der Waals surface area contributed by atoms with E-state index in [1.807, 2.05) is 63.2 Å². The molecule has 0 aliphatic carbocycles. The van der Waals surface area contributed by atoms with Crippen LogP contribution < -0.4 is 5.48 Å². The molecule has 7 heteroatoms. The minimum absolute atomic E-state index is 0.194. The molecule has 0 spiro atoms. The Labute approximate surface area is 172 Å². The highest BCUT2D eigenvalue weighted by Crippen LogP contribution is 2.28. The van der Waals surface area contributed by atoms with Gasteiger partial charge >= 0.3 is 0 Å². The van der Waals surface area contributed by atoms with E-state index in [0.29, 0.717) is 37.4 Å². The first-order valence-corrected chi connectivity index (χ1v) is 11.3. The van der Waals surface area contributed by atoms with E-state index >= 15 is 0 Å². The summed E-state index contributed by atoms with van der Waals surface area (Å²) >= 11 is 0. The number of hydrogen-bond donors (Lipinski definition) is 1. The van der Waals surface area contributed by atoms with Crippen LogP contribution in [-0.2, 0) is 26.3 Å². The maximum atomic E-state index is 13.1. The molecule has 1 aliphatic rings. The number of carbonyl (C=O) groups is 1. The SMILES string of the molecule is Cc1cc(C)c(S(=O)(=O)N2CCC(C(=O)NOCc3ccccc3)CC2)c(C)c1. The van der Waals surface area contributed by atoms with Gasteiger partial charge in [-0.05, 0) is 50.3 Å². The largest absolute Gasteiger partial charge is 0.272 e. The van der Waals surface area contributed by atoms with Gasteiger partial charge in [0.1, 0.15) is 0 Å². The van der Waals surface area contributed by atoms with Crippen molar-refractivity contribution in [3.63, 3.8) is 0 Å². The minimum atomic E-state index is -3.57. The first-order valence-electron chi connectivity index (χ1n) is 9.82. The van der Waals surface area contributed by atoms with E-state index in [-0.39, 0.29) is 11.8 Å². The van der Waals surface area contributed by atoms with Gasteiger partial charge < -0.3 is 0 Å². The van der Waals surface area contributed by atoms with Crippen LogP contribution in [0.2, 0.25) is 0 Å². The van der Waals surface area contributed by atoms with E-state index in [4.69, 9.17) is 4.84 Å².